The van der Waals surface area contributed by atoms with E-state index in [-0.39, 0.29) is 23.7 Å². The van der Waals surface area contributed by atoms with Gasteiger partial charge in [0.15, 0.2) is 0 Å². The third-order valence-corrected chi connectivity index (χ3v) is 5.18. The number of carbonyl (C=O) groups excluding carboxylic acids is 2. The van der Waals surface area contributed by atoms with Gasteiger partial charge in [-0.2, -0.15) is 5.10 Å². The molecule has 5 N–H and O–H groups in total. The molecule has 8 heteroatoms. The third kappa shape index (κ3) is 3.43. The maximum absolute atomic E-state index is 12.5. The Kier molecular flexibility index (Phi) is 4.59. The number of nitrogens with zero attached hydrogens (tertiary/aromatic N) is 2. The number of primary amides is 1. The van der Waals surface area contributed by atoms with Crippen molar-refractivity contribution >= 4 is 23.3 Å². The summed E-state index contributed by atoms with van der Waals surface area (Å²) in [6.07, 6.45) is 0.114. The number of nitrogens with one attached hydrogen (secondary N) is 1. The van der Waals surface area contributed by atoms with Crippen LogP contribution < -0.4 is 21.5 Å². The van der Waals surface area contributed by atoms with Gasteiger partial charge in [-0.1, -0.05) is 18.2 Å². The number of nitrogen functional groups attached to an aromatic ring is 1. The van der Waals surface area contributed by atoms with Gasteiger partial charge in [0, 0.05) is 11.3 Å². The first-order valence-electron chi connectivity index (χ1n) is 9.94. The summed E-state index contributed by atoms with van der Waals surface area (Å²) in [5, 5.41) is 7.41. The molecule has 4 aromatic rings. The van der Waals surface area contributed by atoms with Gasteiger partial charge < -0.3 is 21.5 Å². The minimum Gasteiger partial charge on any atom is -0.457 e. The highest BCUT2D eigenvalue weighted by atomic mass is 16.5. The van der Waals surface area contributed by atoms with Crippen LogP contribution in [0, 0.1) is 0 Å². The predicted molar refractivity (Wildman–Crippen MR) is 121 cm³/mol. The second kappa shape index (κ2) is 7.59. The smallest absolute Gasteiger partial charge is 0.254 e. The van der Waals surface area contributed by atoms with Crippen LogP contribution in [-0.2, 0) is 11.2 Å². The normalized spacial score (nSPS) is 12.3. The van der Waals surface area contributed by atoms with E-state index < -0.39 is 5.91 Å². The summed E-state index contributed by atoms with van der Waals surface area (Å²) in [7, 11) is 0. The zero-order valence-electron chi connectivity index (χ0n) is 16.9. The van der Waals surface area contributed by atoms with Crippen molar-refractivity contribution in [1.29, 1.82) is 0 Å². The highest BCUT2D eigenvalue weighted by Gasteiger charge is 2.29. The number of anilines is 2. The average molecular weight is 425 g/mol. The molecule has 0 saturated carbocycles. The van der Waals surface area contributed by atoms with Gasteiger partial charge in [-0.05, 0) is 60.2 Å². The molecular weight excluding hydrogens is 406 g/mol. The van der Waals surface area contributed by atoms with Crippen molar-refractivity contribution in [2.24, 2.45) is 5.73 Å². The van der Waals surface area contributed by atoms with Crippen molar-refractivity contribution in [3.63, 3.8) is 0 Å². The first kappa shape index (κ1) is 19.4. The molecule has 0 radical (unpaired) electrons. The standard InChI is InChI=1S/C24H19N5O3/c25-16-8-11-19-15(12-16)13-20(30)27-24-21(23(26)31)22(28-29(19)24)14-6-9-18(10-7-14)32-17-4-2-1-3-5-17/h1-12H,13,25H2,(H2,26,31)(H,27,30). The molecule has 0 spiro atoms. The van der Waals surface area contributed by atoms with Gasteiger partial charge in [0.05, 0.1) is 12.1 Å². The number of amides is 2. The van der Waals surface area contributed by atoms with Gasteiger partial charge >= 0.3 is 0 Å². The molecule has 0 unspecified atom stereocenters. The Morgan fingerprint density at radius 3 is 2.44 bits per heavy atom. The largest absolute Gasteiger partial charge is 0.457 e. The SMILES string of the molecule is NC(=O)c1c(-c2ccc(Oc3ccccc3)cc2)nn2c1NC(=O)Cc1cc(N)ccc1-2. The van der Waals surface area contributed by atoms with Crippen LogP contribution in [0.2, 0.25) is 0 Å². The Bertz CT molecular complexity index is 1340. The minimum absolute atomic E-state index is 0.114. The zero-order chi connectivity index (χ0) is 22.2. The van der Waals surface area contributed by atoms with Gasteiger partial charge in [0.25, 0.3) is 5.91 Å². The highest BCUT2D eigenvalue weighted by Crippen LogP contribution is 2.35. The zero-order valence-corrected chi connectivity index (χ0v) is 16.9. The molecule has 158 valence electrons. The Morgan fingerprint density at radius 1 is 1.00 bits per heavy atom. The van der Waals surface area contributed by atoms with E-state index in [0.717, 1.165) is 0 Å². The summed E-state index contributed by atoms with van der Waals surface area (Å²) < 4.78 is 7.36. The molecule has 1 aliphatic rings. The fourth-order valence-electron chi connectivity index (χ4n) is 3.75. The van der Waals surface area contributed by atoms with Crippen molar-refractivity contribution in [3.8, 4) is 28.4 Å². The number of hydrogen-bond donors (Lipinski definition) is 3. The van der Waals surface area contributed by atoms with Gasteiger partial charge in [-0.25, -0.2) is 4.68 Å². The average Bonchev–Trinajstić information content (AvgIpc) is 3.08. The Morgan fingerprint density at radius 2 is 1.72 bits per heavy atom. The number of para-hydroxylation sites is 1. The molecular formula is C24H19N5O3. The van der Waals surface area contributed by atoms with E-state index in [1.807, 2.05) is 30.3 Å². The van der Waals surface area contributed by atoms with Crippen molar-refractivity contribution in [2.45, 2.75) is 6.42 Å². The molecule has 2 heterocycles. The lowest BCUT2D eigenvalue weighted by atomic mass is 10.1. The monoisotopic (exact) mass is 425 g/mol. The number of carbonyl (C=O) groups is 2. The molecule has 8 nitrogen and oxygen atoms in total. The van der Waals surface area contributed by atoms with Crippen LogP contribution >= 0.6 is 0 Å². The number of hydrogen-bond acceptors (Lipinski definition) is 5. The molecule has 32 heavy (non-hydrogen) atoms. The van der Waals surface area contributed by atoms with Crippen molar-refractivity contribution in [1.82, 2.24) is 9.78 Å². The number of rotatable bonds is 4. The van der Waals surface area contributed by atoms with E-state index in [4.69, 9.17) is 16.2 Å². The second-order valence-electron chi connectivity index (χ2n) is 7.40. The Labute approximate surface area is 183 Å². The van der Waals surface area contributed by atoms with Gasteiger partial charge in [0.1, 0.15) is 28.6 Å². The first-order valence-corrected chi connectivity index (χ1v) is 9.94. The van der Waals surface area contributed by atoms with Crippen molar-refractivity contribution in [2.75, 3.05) is 11.1 Å². The lowest BCUT2D eigenvalue weighted by molar-refractivity contribution is -0.115. The number of benzene rings is 3. The summed E-state index contributed by atoms with van der Waals surface area (Å²) in [6, 6.07) is 21.8. The lowest BCUT2D eigenvalue weighted by Crippen LogP contribution is -2.18. The lowest BCUT2D eigenvalue weighted by Gasteiger charge is -2.08. The van der Waals surface area contributed by atoms with Gasteiger partial charge in [-0.15, -0.1) is 0 Å². The van der Waals surface area contributed by atoms with E-state index in [1.54, 1.807) is 42.5 Å². The second-order valence-corrected chi connectivity index (χ2v) is 7.40. The van der Waals surface area contributed by atoms with Gasteiger partial charge in [-0.3, -0.25) is 9.59 Å². The van der Waals surface area contributed by atoms with Crippen LogP contribution in [0.5, 0.6) is 11.5 Å². The quantitative estimate of drug-likeness (QED) is 0.432. The summed E-state index contributed by atoms with van der Waals surface area (Å²) in [6.45, 7) is 0. The molecule has 0 saturated heterocycles. The fourth-order valence-corrected chi connectivity index (χ4v) is 3.75. The summed E-state index contributed by atoms with van der Waals surface area (Å²) >= 11 is 0. The molecule has 0 bridgehead atoms. The maximum atomic E-state index is 12.5. The maximum Gasteiger partial charge on any atom is 0.254 e. The van der Waals surface area contributed by atoms with Crippen molar-refractivity contribution in [3.05, 3.63) is 83.9 Å². The highest BCUT2D eigenvalue weighted by molar-refractivity contribution is 6.08. The molecule has 5 rings (SSSR count). The third-order valence-electron chi connectivity index (χ3n) is 5.18. The molecule has 2 amide bonds. The molecule has 0 atom stereocenters. The van der Waals surface area contributed by atoms with E-state index in [1.165, 1.54) is 4.68 Å². The van der Waals surface area contributed by atoms with Crippen LogP contribution in [-0.4, -0.2) is 21.6 Å². The predicted octanol–water partition coefficient (Wildman–Crippen LogP) is 3.51. The van der Waals surface area contributed by atoms with Crippen LogP contribution in [0.3, 0.4) is 0 Å². The van der Waals surface area contributed by atoms with Crippen LogP contribution in [0.4, 0.5) is 11.5 Å². The summed E-state index contributed by atoms with van der Waals surface area (Å²) in [5.41, 5.74) is 14.7. The molecule has 0 fully saturated rings. The molecule has 0 aliphatic carbocycles. The van der Waals surface area contributed by atoms with Gasteiger partial charge in [0.2, 0.25) is 5.91 Å². The number of ether oxygens (including phenoxy) is 1. The fraction of sp³-hybridized carbons (Fsp3) is 0.0417. The van der Waals surface area contributed by atoms with E-state index in [2.05, 4.69) is 10.4 Å². The topological polar surface area (TPSA) is 125 Å². The number of fused-ring (bicyclic) bond motifs is 3. The Hall–Kier alpha value is -4.59. The molecule has 3 aromatic carbocycles. The van der Waals surface area contributed by atoms with Crippen molar-refractivity contribution < 1.29 is 14.3 Å². The number of aromatic nitrogens is 2. The minimum atomic E-state index is -0.690. The van der Waals surface area contributed by atoms with Crippen LogP contribution in [0.1, 0.15) is 15.9 Å². The first-order chi connectivity index (χ1) is 15.5. The van der Waals surface area contributed by atoms with Crippen LogP contribution in [0.15, 0.2) is 72.8 Å². The van der Waals surface area contributed by atoms with E-state index >= 15 is 0 Å². The number of nitrogens with two attached hydrogens (primary N) is 2. The van der Waals surface area contributed by atoms with Crippen LogP contribution in [0.25, 0.3) is 16.9 Å². The summed E-state index contributed by atoms with van der Waals surface area (Å²) in [4.78, 5) is 24.9. The molecule has 1 aliphatic heterocycles. The molecule has 1 aromatic heterocycles. The van der Waals surface area contributed by atoms with E-state index in [9.17, 15) is 9.59 Å². The Balaban J connectivity index is 1.60. The summed E-state index contributed by atoms with van der Waals surface area (Å²) in [5.74, 6) is 0.618. The van der Waals surface area contributed by atoms with E-state index in [0.29, 0.717) is 39.7 Å².